The Kier molecular flexibility index (Phi) is 40.0. The Hall–Kier alpha value is 0.470. The van der Waals surface area contributed by atoms with Crippen LogP contribution in [0.3, 0.4) is 0 Å². The molecule has 0 fully saturated rings. The summed E-state index contributed by atoms with van der Waals surface area (Å²) in [5.74, 6) is 0. The topological polar surface area (TPSA) is 0 Å². The Morgan fingerprint density at radius 1 is 0.316 bits per heavy atom. The number of hydrogen-bond acceptors (Lipinski definition) is 0. The highest BCUT2D eigenvalue weighted by Crippen LogP contribution is 2.17. The third-order valence-corrected chi connectivity index (χ3v) is 1.88. The summed E-state index contributed by atoms with van der Waals surface area (Å²) in [4.78, 5) is 0. The lowest BCUT2D eigenvalue weighted by Gasteiger charge is -1.98. The van der Waals surface area contributed by atoms with Gasteiger partial charge in [0, 0.05) is 0 Å². The molecule has 2 aromatic carbocycles. The van der Waals surface area contributed by atoms with Crippen molar-refractivity contribution in [2.24, 2.45) is 0 Å². The zero-order chi connectivity index (χ0) is 8.23. The quantitative estimate of drug-likeness (QED) is 0.518. The molecule has 0 radical (unpaired) electrons. The van der Waals surface area contributed by atoms with E-state index in [1.807, 2.05) is 12.1 Å². The van der Waals surface area contributed by atoms with Crippen molar-refractivity contribution in [2.75, 3.05) is 0 Å². The zero-order valence-electron chi connectivity index (χ0n) is 9.63. The van der Waals surface area contributed by atoms with E-state index in [1.165, 1.54) is 11.1 Å². The third kappa shape index (κ3) is 12.0. The molecule has 0 spiro atoms. The Morgan fingerprint density at radius 2 is 0.526 bits per heavy atom. The molecule has 0 saturated heterocycles. The second kappa shape index (κ2) is 20.8. The van der Waals surface area contributed by atoms with Crippen LogP contribution in [0, 0.1) is 0 Å². The first-order valence-corrected chi connectivity index (χ1v) is 4.07. The summed E-state index contributed by atoms with van der Waals surface area (Å²) in [5.41, 5.74) is 2.55. The standard InChI is InChI=1S/C12H10.7ClH/c1-3-7-11(8-4-1)12-9-5-2-6-10-12;;;;;;;/h1-10H;7*1H. The van der Waals surface area contributed by atoms with Crippen LogP contribution in [-0.2, 0) is 0 Å². The molecule has 7 heteroatoms. The van der Waals surface area contributed by atoms with Crippen molar-refractivity contribution in [3.05, 3.63) is 60.7 Å². The monoisotopic (exact) mass is 406 g/mol. The molecule has 0 saturated carbocycles. The second-order valence-corrected chi connectivity index (χ2v) is 2.73. The molecule has 0 aliphatic rings. The van der Waals surface area contributed by atoms with Gasteiger partial charge in [-0.15, -0.1) is 86.8 Å². The van der Waals surface area contributed by atoms with Crippen LogP contribution in [0.4, 0.5) is 0 Å². The fourth-order valence-corrected chi connectivity index (χ4v) is 1.26. The largest absolute Gasteiger partial charge is 0.147 e. The van der Waals surface area contributed by atoms with E-state index < -0.39 is 0 Å². The fourth-order valence-electron chi connectivity index (χ4n) is 1.26. The highest BCUT2D eigenvalue weighted by atomic mass is 35.5. The van der Waals surface area contributed by atoms with Gasteiger partial charge in [-0.2, -0.15) is 0 Å². The van der Waals surface area contributed by atoms with Gasteiger partial charge in [0.25, 0.3) is 0 Å². The first-order chi connectivity index (χ1) is 5.97. The molecule has 0 nitrogen and oxygen atoms in total. The first-order valence-electron chi connectivity index (χ1n) is 4.07. The van der Waals surface area contributed by atoms with Crippen LogP contribution in [-0.4, -0.2) is 0 Å². The van der Waals surface area contributed by atoms with Gasteiger partial charge < -0.3 is 0 Å². The summed E-state index contributed by atoms with van der Waals surface area (Å²) >= 11 is 0. The van der Waals surface area contributed by atoms with Crippen molar-refractivity contribution in [1.82, 2.24) is 0 Å². The van der Waals surface area contributed by atoms with Gasteiger partial charge in [-0.25, -0.2) is 0 Å². The van der Waals surface area contributed by atoms with Crippen LogP contribution in [0.15, 0.2) is 60.7 Å². The lowest BCUT2D eigenvalue weighted by molar-refractivity contribution is 1.62. The van der Waals surface area contributed by atoms with Gasteiger partial charge >= 0.3 is 0 Å². The summed E-state index contributed by atoms with van der Waals surface area (Å²) in [6, 6.07) is 20.8. The maximum Gasteiger partial charge on any atom is -0.0184 e. The van der Waals surface area contributed by atoms with Gasteiger partial charge in [-0.05, 0) is 11.1 Å². The van der Waals surface area contributed by atoms with E-state index in [-0.39, 0.29) is 86.8 Å². The number of benzene rings is 2. The van der Waals surface area contributed by atoms with Crippen LogP contribution < -0.4 is 0 Å². The molecule has 0 heterocycles. The molecule has 0 atom stereocenters. The normalized spacial score (nSPS) is 6.11. The Balaban J connectivity index is -0.0000000604. The Morgan fingerprint density at radius 3 is 0.737 bits per heavy atom. The van der Waals surface area contributed by atoms with Crippen LogP contribution in [0.5, 0.6) is 0 Å². The van der Waals surface area contributed by atoms with Gasteiger partial charge in [0.2, 0.25) is 0 Å². The molecule has 0 aromatic heterocycles. The highest BCUT2D eigenvalue weighted by Gasteiger charge is 1.91. The minimum atomic E-state index is 0. The molecule has 0 aliphatic carbocycles. The van der Waals surface area contributed by atoms with Crippen molar-refractivity contribution in [2.45, 2.75) is 0 Å². The zero-order valence-corrected chi connectivity index (χ0v) is 15.3. The van der Waals surface area contributed by atoms with Crippen molar-refractivity contribution in [3.63, 3.8) is 0 Å². The van der Waals surface area contributed by atoms with E-state index in [0.717, 1.165) is 0 Å². The second-order valence-electron chi connectivity index (χ2n) is 2.73. The van der Waals surface area contributed by atoms with E-state index in [9.17, 15) is 0 Å². The molecule has 2 aromatic rings. The van der Waals surface area contributed by atoms with E-state index in [2.05, 4.69) is 48.5 Å². The predicted molar refractivity (Wildman–Crippen MR) is 103 cm³/mol. The van der Waals surface area contributed by atoms with E-state index in [1.54, 1.807) is 0 Å². The average molecular weight is 409 g/mol. The van der Waals surface area contributed by atoms with E-state index in [4.69, 9.17) is 0 Å². The van der Waals surface area contributed by atoms with Crippen molar-refractivity contribution < 1.29 is 0 Å². The molecule has 0 amide bonds. The highest BCUT2D eigenvalue weighted by molar-refractivity contribution is 5.86. The molecular weight excluding hydrogens is 392 g/mol. The van der Waals surface area contributed by atoms with Crippen molar-refractivity contribution in [3.8, 4) is 11.1 Å². The van der Waals surface area contributed by atoms with Crippen molar-refractivity contribution >= 4 is 86.8 Å². The van der Waals surface area contributed by atoms with E-state index in [0.29, 0.717) is 0 Å². The molecule has 0 unspecified atom stereocenters. The SMILES string of the molecule is Cl.Cl.Cl.Cl.Cl.Cl.Cl.c1ccc(-c2ccccc2)cc1. The molecule has 0 aliphatic heterocycles. The number of rotatable bonds is 1. The lowest BCUT2D eigenvalue weighted by Crippen LogP contribution is -1.73. The van der Waals surface area contributed by atoms with Crippen LogP contribution >= 0.6 is 86.8 Å². The third-order valence-electron chi connectivity index (χ3n) is 1.88. The van der Waals surface area contributed by atoms with Crippen LogP contribution in [0.25, 0.3) is 11.1 Å². The van der Waals surface area contributed by atoms with Gasteiger partial charge in [0.15, 0.2) is 0 Å². The molecule has 19 heavy (non-hydrogen) atoms. The minimum absolute atomic E-state index is 0. The van der Waals surface area contributed by atoms with Gasteiger partial charge in [0.1, 0.15) is 0 Å². The molecule has 0 N–H and O–H groups in total. The summed E-state index contributed by atoms with van der Waals surface area (Å²) in [7, 11) is 0. The Labute approximate surface area is 158 Å². The summed E-state index contributed by atoms with van der Waals surface area (Å²) in [5, 5.41) is 0. The fraction of sp³-hybridized carbons (Fsp3) is 0. The molecule has 0 bridgehead atoms. The summed E-state index contributed by atoms with van der Waals surface area (Å²) < 4.78 is 0. The predicted octanol–water partition coefficient (Wildman–Crippen LogP) is 6.31. The smallest absolute Gasteiger partial charge is 0.0184 e. The number of hydrogen-bond donors (Lipinski definition) is 0. The van der Waals surface area contributed by atoms with E-state index >= 15 is 0 Å². The van der Waals surface area contributed by atoms with Gasteiger partial charge in [-0.1, -0.05) is 60.7 Å². The van der Waals surface area contributed by atoms with Crippen LogP contribution in [0.1, 0.15) is 0 Å². The molecule has 114 valence electrons. The van der Waals surface area contributed by atoms with Gasteiger partial charge in [-0.3, -0.25) is 0 Å². The maximum atomic E-state index is 2.12. The van der Waals surface area contributed by atoms with Gasteiger partial charge in [0.05, 0.1) is 0 Å². The lowest BCUT2D eigenvalue weighted by atomic mass is 10.1. The minimum Gasteiger partial charge on any atom is -0.147 e. The summed E-state index contributed by atoms with van der Waals surface area (Å²) in [6.07, 6.45) is 0. The number of halogens is 7. The average Bonchev–Trinajstić information content (AvgIpc) is 2.21. The summed E-state index contributed by atoms with van der Waals surface area (Å²) in [6.45, 7) is 0. The molecule has 2 rings (SSSR count). The Bertz CT molecular complexity index is 315. The molecular formula is C12H17Cl7. The van der Waals surface area contributed by atoms with Crippen LogP contribution in [0.2, 0.25) is 0 Å². The van der Waals surface area contributed by atoms with Crippen molar-refractivity contribution in [1.29, 1.82) is 0 Å². The maximum absolute atomic E-state index is 2.12. The first kappa shape index (κ1) is 36.6.